The van der Waals surface area contributed by atoms with E-state index in [4.69, 9.17) is 5.11 Å². The van der Waals surface area contributed by atoms with Crippen molar-refractivity contribution in [1.29, 1.82) is 0 Å². The lowest BCUT2D eigenvalue weighted by atomic mass is 10.1. The third-order valence-corrected chi connectivity index (χ3v) is 3.49. The number of anilines is 1. The predicted molar refractivity (Wildman–Crippen MR) is 90.8 cm³/mol. The molecule has 0 aliphatic rings. The molecule has 0 spiro atoms. The van der Waals surface area contributed by atoms with Crippen molar-refractivity contribution in [3.8, 4) is 5.75 Å². The Morgan fingerprint density at radius 2 is 1.83 bits per heavy atom. The van der Waals surface area contributed by atoms with Gasteiger partial charge in [0.05, 0.1) is 0 Å². The molecule has 0 saturated carbocycles. The standard InChI is InChI=1S/C18H25NO4/c1-2-3-4-5-6-7-8-9-10-17(21)19-14-11-12-15(18(22)23)16(20)13-14/h9-13,20H,2-8H2,1H3,(H,19,21)(H,22,23)/b10-9+. The largest absolute Gasteiger partial charge is 0.507 e. The number of allylic oxidation sites excluding steroid dienone is 1. The highest BCUT2D eigenvalue weighted by atomic mass is 16.4. The van der Waals surface area contributed by atoms with Crippen LogP contribution in [0.2, 0.25) is 0 Å². The van der Waals surface area contributed by atoms with Crippen LogP contribution in [0.1, 0.15) is 62.2 Å². The number of carboxylic acids is 1. The molecule has 0 radical (unpaired) electrons. The van der Waals surface area contributed by atoms with Gasteiger partial charge in [-0.05, 0) is 31.1 Å². The van der Waals surface area contributed by atoms with E-state index in [2.05, 4.69) is 12.2 Å². The van der Waals surface area contributed by atoms with Gasteiger partial charge in [-0.15, -0.1) is 0 Å². The van der Waals surface area contributed by atoms with Crippen LogP contribution in [-0.2, 0) is 4.79 Å². The maximum absolute atomic E-state index is 11.7. The summed E-state index contributed by atoms with van der Waals surface area (Å²) in [5.41, 5.74) is 0.170. The van der Waals surface area contributed by atoms with Crippen LogP contribution in [0.4, 0.5) is 5.69 Å². The third-order valence-electron chi connectivity index (χ3n) is 3.49. The second-order valence-electron chi connectivity index (χ2n) is 5.49. The number of rotatable bonds is 10. The molecule has 1 amide bonds. The number of benzene rings is 1. The SMILES string of the molecule is CCCCCCCC/C=C/C(=O)Nc1ccc(C(=O)O)c(O)c1. The van der Waals surface area contributed by atoms with Gasteiger partial charge in [0.15, 0.2) is 0 Å². The van der Waals surface area contributed by atoms with Crippen molar-refractivity contribution in [3.63, 3.8) is 0 Å². The van der Waals surface area contributed by atoms with Crippen molar-refractivity contribution < 1.29 is 19.8 Å². The molecule has 23 heavy (non-hydrogen) atoms. The van der Waals surface area contributed by atoms with Crippen molar-refractivity contribution in [2.45, 2.75) is 51.9 Å². The van der Waals surface area contributed by atoms with Crippen LogP contribution in [0.15, 0.2) is 30.4 Å². The summed E-state index contributed by atoms with van der Waals surface area (Å²) >= 11 is 0. The van der Waals surface area contributed by atoms with Gasteiger partial charge in [-0.2, -0.15) is 0 Å². The zero-order valence-electron chi connectivity index (χ0n) is 13.5. The molecular weight excluding hydrogens is 294 g/mol. The second kappa shape index (κ2) is 10.4. The van der Waals surface area contributed by atoms with Gasteiger partial charge in [0.1, 0.15) is 11.3 Å². The summed E-state index contributed by atoms with van der Waals surface area (Å²) < 4.78 is 0. The first-order valence-corrected chi connectivity index (χ1v) is 8.08. The summed E-state index contributed by atoms with van der Waals surface area (Å²) in [6.07, 6.45) is 11.4. The Kier molecular flexibility index (Phi) is 8.50. The number of nitrogens with one attached hydrogen (secondary N) is 1. The Morgan fingerprint density at radius 3 is 2.48 bits per heavy atom. The maximum Gasteiger partial charge on any atom is 0.339 e. The van der Waals surface area contributed by atoms with Crippen molar-refractivity contribution in [2.24, 2.45) is 0 Å². The van der Waals surface area contributed by atoms with Crippen molar-refractivity contribution in [3.05, 3.63) is 35.9 Å². The number of hydrogen-bond acceptors (Lipinski definition) is 3. The van der Waals surface area contributed by atoms with Crippen molar-refractivity contribution >= 4 is 17.6 Å². The van der Waals surface area contributed by atoms with E-state index in [-0.39, 0.29) is 17.2 Å². The average Bonchev–Trinajstić information content (AvgIpc) is 2.49. The minimum atomic E-state index is -1.21. The van der Waals surface area contributed by atoms with Crippen LogP contribution >= 0.6 is 0 Å². The summed E-state index contributed by atoms with van der Waals surface area (Å²) in [5, 5.41) is 21.0. The topological polar surface area (TPSA) is 86.6 Å². The lowest BCUT2D eigenvalue weighted by molar-refractivity contribution is -0.111. The quantitative estimate of drug-likeness (QED) is 0.442. The number of aromatic hydroxyl groups is 1. The van der Waals surface area contributed by atoms with E-state index < -0.39 is 5.97 Å². The summed E-state index contributed by atoms with van der Waals surface area (Å²) in [4.78, 5) is 22.5. The van der Waals surface area contributed by atoms with Crippen molar-refractivity contribution in [2.75, 3.05) is 5.32 Å². The van der Waals surface area contributed by atoms with E-state index in [0.717, 1.165) is 12.8 Å². The fourth-order valence-electron chi connectivity index (χ4n) is 2.21. The molecule has 0 bridgehead atoms. The molecule has 1 rings (SSSR count). The van der Waals surface area contributed by atoms with Gasteiger partial charge in [-0.1, -0.05) is 45.1 Å². The smallest absolute Gasteiger partial charge is 0.339 e. The molecule has 1 aromatic rings. The molecule has 0 atom stereocenters. The van der Waals surface area contributed by atoms with Crippen LogP contribution in [-0.4, -0.2) is 22.1 Å². The van der Waals surface area contributed by atoms with Gasteiger partial charge in [0.25, 0.3) is 0 Å². The fourth-order valence-corrected chi connectivity index (χ4v) is 2.21. The van der Waals surface area contributed by atoms with Crippen LogP contribution in [0, 0.1) is 0 Å². The predicted octanol–water partition coefficient (Wildman–Crippen LogP) is 4.34. The Bertz CT molecular complexity index is 552. The number of phenols is 1. The maximum atomic E-state index is 11.7. The lowest BCUT2D eigenvalue weighted by Crippen LogP contribution is -2.08. The molecule has 5 nitrogen and oxygen atoms in total. The van der Waals surface area contributed by atoms with Crippen LogP contribution in [0.3, 0.4) is 0 Å². The fraction of sp³-hybridized carbons (Fsp3) is 0.444. The number of unbranched alkanes of at least 4 members (excludes halogenated alkanes) is 6. The van der Waals surface area contributed by atoms with Gasteiger partial charge in [0.2, 0.25) is 5.91 Å². The van der Waals surface area contributed by atoms with Gasteiger partial charge in [0, 0.05) is 11.8 Å². The van der Waals surface area contributed by atoms with E-state index in [1.54, 1.807) is 0 Å². The molecule has 0 aliphatic carbocycles. The third kappa shape index (κ3) is 7.49. The van der Waals surface area contributed by atoms with Gasteiger partial charge < -0.3 is 15.5 Å². The zero-order valence-corrected chi connectivity index (χ0v) is 13.5. The monoisotopic (exact) mass is 319 g/mol. The summed E-state index contributed by atoms with van der Waals surface area (Å²) in [6.45, 7) is 2.19. The number of hydrogen-bond donors (Lipinski definition) is 3. The molecule has 3 N–H and O–H groups in total. The molecular formula is C18H25NO4. The van der Waals surface area contributed by atoms with E-state index in [1.807, 2.05) is 6.08 Å². The first-order chi connectivity index (χ1) is 11.0. The number of carbonyl (C=O) groups excluding carboxylic acids is 1. The summed E-state index contributed by atoms with van der Waals surface area (Å²) in [6, 6.07) is 3.93. The Morgan fingerprint density at radius 1 is 1.13 bits per heavy atom. The summed E-state index contributed by atoms with van der Waals surface area (Å²) in [5.74, 6) is -1.87. The van der Waals surface area contributed by atoms with Crippen LogP contribution in [0.25, 0.3) is 0 Å². The highest BCUT2D eigenvalue weighted by Crippen LogP contribution is 2.21. The molecule has 0 aromatic heterocycles. The molecule has 126 valence electrons. The minimum Gasteiger partial charge on any atom is -0.507 e. The van der Waals surface area contributed by atoms with Crippen LogP contribution in [0.5, 0.6) is 5.75 Å². The Hall–Kier alpha value is -2.30. The second-order valence-corrected chi connectivity index (χ2v) is 5.49. The molecule has 5 heteroatoms. The normalized spacial score (nSPS) is 10.8. The van der Waals surface area contributed by atoms with E-state index in [1.165, 1.54) is 56.4 Å². The van der Waals surface area contributed by atoms with E-state index in [9.17, 15) is 14.7 Å². The first kappa shape index (κ1) is 18.7. The van der Waals surface area contributed by atoms with E-state index in [0.29, 0.717) is 5.69 Å². The Labute approximate surface area is 137 Å². The zero-order chi connectivity index (χ0) is 17.1. The molecule has 0 aliphatic heterocycles. The van der Waals surface area contributed by atoms with Crippen molar-refractivity contribution in [1.82, 2.24) is 0 Å². The highest BCUT2D eigenvalue weighted by Gasteiger charge is 2.10. The van der Waals surface area contributed by atoms with Gasteiger partial charge >= 0.3 is 5.97 Å². The van der Waals surface area contributed by atoms with Gasteiger partial charge in [-0.3, -0.25) is 4.79 Å². The molecule has 0 heterocycles. The molecule has 0 fully saturated rings. The molecule has 0 saturated heterocycles. The first-order valence-electron chi connectivity index (χ1n) is 8.08. The molecule has 1 aromatic carbocycles. The van der Waals surface area contributed by atoms with Gasteiger partial charge in [-0.25, -0.2) is 4.79 Å². The lowest BCUT2D eigenvalue weighted by Gasteiger charge is -2.05. The highest BCUT2D eigenvalue weighted by molar-refractivity contribution is 6.00. The van der Waals surface area contributed by atoms with E-state index >= 15 is 0 Å². The Balaban J connectivity index is 2.32. The number of carbonyl (C=O) groups is 2. The number of carboxylic acid groups (broad SMARTS) is 1. The minimum absolute atomic E-state index is 0.193. The number of amides is 1. The average molecular weight is 319 g/mol. The number of aromatic carboxylic acids is 1. The van der Waals surface area contributed by atoms with Crippen LogP contribution < -0.4 is 5.32 Å². The summed E-state index contributed by atoms with van der Waals surface area (Å²) in [7, 11) is 0. The molecule has 0 unspecified atom stereocenters.